The molecule has 0 aliphatic carbocycles. The molecule has 0 saturated heterocycles. The minimum atomic E-state index is -1.09. The predicted molar refractivity (Wildman–Crippen MR) is 76.9 cm³/mol. The molecule has 6 heteroatoms. The van der Waals surface area contributed by atoms with Gasteiger partial charge in [0.2, 0.25) is 11.8 Å². The molecule has 1 atom stereocenters. The van der Waals surface area contributed by atoms with E-state index in [1.54, 1.807) is 26.1 Å². The topological polar surface area (TPSA) is 84.2 Å². The SMILES string of the molecule is CNC(=O)CCNC(=O)C(C)(N)c1ccccc1.Cl. The predicted octanol–water partition coefficient (Wildman–Crippen LogP) is 0.535. The minimum Gasteiger partial charge on any atom is -0.359 e. The van der Waals surface area contributed by atoms with Crippen LogP contribution in [0.1, 0.15) is 18.9 Å². The van der Waals surface area contributed by atoms with Gasteiger partial charge >= 0.3 is 0 Å². The van der Waals surface area contributed by atoms with Crippen LogP contribution in [-0.4, -0.2) is 25.4 Å². The molecule has 2 amide bonds. The van der Waals surface area contributed by atoms with Gasteiger partial charge in [0.15, 0.2) is 0 Å². The highest BCUT2D eigenvalue weighted by Gasteiger charge is 2.29. The molecule has 106 valence electrons. The average Bonchev–Trinajstić information content (AvgIpc) is 2.39. The molecule has 1 aromatic carbocycles. The first-order valence-electron chi connectivity index (χ1n) is 5.81. The Labute approximate surface area is 119 Å². The van der Waals surface area contributed by atoms with Gasteiger partial charge < -0.3 is 16.4 Å². The third kappa shape index (κ3) is 4.89. The maximum atomic E-state index is 12.0. The van der Waals surface area contributed by atoms with E-state index in [9.17, 15) is 9.59 Å². The Kier molecular flexibility index (Phi) is 7.11. The lowest BCUT2D eigenvalue weighted by Gasteiger charge is -2.24. The zero-order valence-electron chi connectivity index (χ0n) is 11.1. The normalized spacial score (nSPS) is 12.8. The van der Waals surface area contributed by atoms with E-state index in [1.807, 2.05) is 18.2 Å². The zero-order chi connectivity index (χ0) is 13.6. The van der Waals surface area contributed by atoms with Crippen molar-refractivity contribution in [3.63, 3.8) is 0 Å². The van der Waals surface area contributed by atoms with Gasteiger partial charge in [-0.25, -0.2) is 0 Å². The second-order valence-electron chi connectivity index (χ2n) is 4.25. The van der Waals surface area contributed by atoms with Crippen molar-refractivity contribution in [2.75, 3.05) is 13.6 Å². The van der Waals surface area contributed by atoms with E-state index in [-0.39, 0.29) is 37.2 Å². The van der Waals surface area contributed by atoms with Crippen LogP contribution in [0.25, 0.3) is 0 Å². The average molecular weight is 286 g/mol. The van der Waals surface area contributed by atoms with Crippen molar-refractivity contribution in [1.82, 2.24) is 10.6 Å². The molecule has 1 unspecified atom stereocenters. The van der Waals surface area contributed by atoms with E-state index in [0.29, 0.717) is 0 Å². The second-order valence-corrected chi connectivity index (χ2v) is 4.25. The summed E-state index contributed by atoms with van der Waals surface area (Å²) in [5, 5.41) is 5.15. The van der Waals surface area contributed by atoms with Crippen LogP contribution in [0.15, 0.2) is 30.3 Å². The van der Waals surface area contributed by atoms with E-state index >= 15 is 0 Å². The van der Waals surface area contributed by atoms with Crippen LogP contribution in [0.3, 0.4) is 0 Å². The van der Waals surface area contributed by atoms with Gasteiger partial charge in [-0.2, -0.15) is 0 Å². The number of amides is 2. The molecule has 0 aliphatic rings. The Morgan fingerprint density at radius 2 is 1.84 bits per heavy atom. The summed E-state index contributed by atoms with van der Waals surface area (Å²) in [6.07, 6.45) is 0.243. The number of hydrogen-bond donors (Lipinski definition) is 3. The van der Waals surface area contributed by atoms with Gasteiger partial charge in [0.1, 0.15) is 5.54 Å². The third-order valence-corrected chi connectivity index (χ3v) is 2.76. The van der Waals surface area contributed by atoms with E-state index in [1.165, 1.54) is 0 Å². The number of nitrogens with two attached hydrogens (primary N) is 1. The summed E-state index contributed by atoms with van der Waals surface area (Å²) in [6.45, 7) is 1.93. The minimum absolute atomic E-state index is 0. The van der Waals surface area contributed by atoms with E-state index in [0.717, 1.165) is 5.56 Å². The molecule has 0 heterocycles. The largest absolute Gasteiger partial charge is 0.359 e. The highest BCUT2D eigenvalue weighted by molar-refractivity contribution is 5.87. The van der Waals surface area contributed by atoms with E-state index in [2.05, 4.69) is 10.6 Å². The van der Waals surface area contributed by atoms with Crippen molar-refractivity contribution in [2.24, 2.45) is 5.73 Å². The van der Waals surface area contributed by atoms with Gasteiger partial charge in [0.05, 0.1) is 0 Å². The summed E-state index contributed by atoms with van der Waals surface area (Å²) in [4.78, 5) is 23.0. The maximum Gasteiger partial charge on any atom is 0.244 e. The van der Waals surface area contributed by atoms with Gasteiger partial charge in [-0.05, 0) is 12.5 Å². The first-order chi connectivity index (χ1) is 8.48. The molecular formula is C13H20ClN3O2. The van der Waals surface area contributed by atoms with Crippen molar-refractivity contribution in [3.05, 3.63) is 35.9 Å². The first-order valence-corrected chi connectivity index (χ1v) is 5.81. The van der Waals surface area contributed by atoms with Gasteiger partial charge in [0.25, 0.3) is 0 Å². The molecule has 0 radical (unpaired) electrons. The summed E-state index contributed by atoms with van der Waals surface area (Å²) >= 11 is 0. The monoisotopic (exact) mass is 285 g/mol. The lowest BCUT2D eigenvalue weighted by molar-refractivity contribution is -0.126. The van der Waals surface area contributed by atoms with Crippen LogP contribution in [-0.2, 0) is 15.1 Å². The summed E-state index contributed by atoms with van der Waals surface area (Å²) in [7, 11) is 1.56. The highest BCUT2D eigenvalue weighted by atomic mass is 35.5. The Balaban J connectivity index is 0.00000324. The maximum absolute atomic E-state index is 12.0. The molecule has 5 nitrogen and oxygen atoms in total. The molecule has 0 aliphatic heterocycles. The highest BCUT2D eigenvalue weighted by Crippen LogP contribution is 2.17. The van der Waals surface area contributed by atoms with Crippen LogP contribution in [0, 0.1) is 0 Å². The van der Waals surface area contributed by atoms with E-state index in [4.69, 9.17) is 5.73 Å². The van der Waals surface area contributed by atoms with Crippen molar-refractivity contribution in [2.45, 2.75) is 18.9 Å². The van der Waals surface area contributed by atoms with Gasteiger partial charge in [-0.15, -0.1) is 12.4 Å². The number of nitrogens with one attached hydrogen (secondary N) is 2. The quantitative estimate of drug-likeness (QED) is 0.738. The number of hydrogen-bond acceptors (Lipinski definition) is 3. The molecular weight excluding hydrogens is 266 g/mol. The zero-order valence-corrected chi connectivity index (χ0v) is 11.9. The fourth-order valence-electron chi connectivity index (χ4n) is 1.51. The Hall–Kier alpha value is -1.59. The molecule has 4 N–H and O–H groups in total. The molecule has 0 spiro atoms. The Bertz CT molecular complexity index is 421. The molecule has 1 aromatic rings. The molecule has 0 aromatic heterocycles. The molecule has 0 fully saturated rings. The number of halogens is 1. The van der Waals surface area contributed by atoms with Crippen LogP contribution >= 0.6 is 12.4 Å². The van der Waals surface area contributed by atoms with Crippen LogP contribution in [0.2, 0.25) is 0 Å². The van der Waals surface area contributed by atoms with Crippen molar-refractivity contribution in [3.8, 4) is 0 Å². The lowest BCUT2D eigenvalue weighted by atomic mass is 9.92. The fraction of sp³-hybridized carbons (Fsp3) is 0.385. The van der Waals surface area contributed by atoms with Gasteiger partial charge in [-0.1, -0.05) is 30.3 Å². The second kappa shape index (κ2) is 7.76. The summed E-state index contributed by atoms with van der Waals surface area (Å²) in [5.41, 5.74) is 5.66. The van der Waals surface area contributed by atoms with Gasteiger partial charge in [-0.3, -0.25) is 9.59 Å². The number of benzene rings is 1. The van der Waals surface area contributed by atoms with Gasteiger partial charge in [0, 0.05) is 20.0 Å². The molecule has 1 rings (SSSR count). The van der Waals surface area contributed by atoms with Crippen molar-refractivity contribution >= 4 is 24.2 Å². The standard InChI is InChI=1S/C13H19N3O2.ClH/c1-13(14,10-6-4-3-5-7-10)12(18)16-9-8-11(17)15-2;/h3-7H,8-9,14H2,1-2H3,(H,15,17)(H,16,18);1H. The van der Waals surface area contributed by atoms with Crippen LogP contribution in [0.4, 0.5) is 0 Å². The fourth-order valence-corrected chi connectivity index (χ4v) is 1.51. The van der Waals surface area contributed by atoms with Crippen molar-refractivity contribution < 1.29 is 9.59 Å². The molecule has 19 heavy (non-hydrogen) atoms. The Morgan fingerprint density at radius 1 is 1.26 bits per heavy atom. The first kappa shape index (κ1) is 17.4. The third-order valence-electron chi connectivity index (χ3n) is 2.76. The summed E-state index contributed by atoms with van der Waals surface area (Å²) in [5.74, 6) is -0.411. The number of rotatable bonds is 5. The smallest absolute Gasteiger partial charge is 0.244 e. The van der Waals surface area contributed by atoms with E-state index < -0.39 is 5.54 Å². The molecule has 0 bridgehead atoms. The van der Waals surface area contributed by atoms with Crippen LogP contribution < -0.4 is 16.4 Å². The lowest BCUT2D eigenvalue weighted by Crippen LogP contribution is -2.49. The Morgan fingerprint density at radius 3 is 2.37 bits per heavy atom. The summed E-state index contributed by atoms with van der Waals surface area (Å²) in [6, 6.07) is 9.14. The number of carbonyl (C=O) groups is 2. The van der Waals surface area contributed by atoms with Crippen LogP contribution in [0.5, 0.6) is 0 Å². The molecule has 0 saturated carbocycles. The van der Waals surface area contributed by atoms with Crippen molar-refractivity contribution in [1.29, 1.82) is 0 Å². The summed E-state index contributed by atoms with van der Waals surface area (Å²) < 4.78 is 0. The number of carbonyl (C=O) groups excluding carboxylic acids is 2.